The summed E-state index contributed by atoms with van der Waals surface area (Å²) in [6, 6.07) is 4.41. The fourth-order valence-corrected chi connectivity index (χ4v) is 1.33. The molecule has 1 N–H and O–H groups in total. The Morgan fingerprint density at radius 2 is 1.80 bits per heavy atom. The highest BCUT2D eigenvalue weighted by atomic mass is 19.4. The molecule has 0 unspecified atom stereocenters. The van der Waals surface area contributed by atoms with Crippen LogP contribution < -0.4 is 5.32 Å². The Bertz CT molecular complexity index is 469. The zero-order chi connectivity index (χ0) is 15.2. The SMILES string of the molecule is CCCCOC(=O)Nc1ccc(C(=O)C(F)(F)F)cc1. The van der Waals surface area contributed by atoms with Crippen LogP contribution in [-0.4, -0.2) is 24.7 Å². The highest BCUT2D eigenvalue weighted by molar-refractivity contribution is 6.00. The Hall–Kier alpha value is -2.05. The largest absolute Gasteiger partial charge is 0.454 e. The van der Waals surface area contributed by atoms with Crippen molar-refractivity contribution in [2.24, 2.45) is 0 Å². The van der Waals surface area contributed by atoms with E-state index in [2.05, 4.69) is 5.32 Å². The lowest BCUT2D eigenvalue weighted by atomic mass is 10.1. The molecular weight excluding hydrogens is 275 g/mol. The first-order chi connectivity index (χ1) is 9.34. The van der Waals surface area contributed by atoms with E-state index in [1.807, 2.05) is 6.92 Å². The molecule has 20 heavy (non-hydrogen) atoms. The van der Waals surface area contributed by atoms with Crippen LogP contribution in [0.4, 0.5) is 23.7 Å². The molecule has 0 saturated heterocycles. The van der Waals surface area contributed by atoms with Crippen LogP contribution in [0.2, 0.25) is 0 Å². The molecule has 7 heteroatoms. The molecule has 0 heterocycles. The van der Waals surface area contributed by atoms with Gasteiger partial charge >= 0.3 is 12.3 Å². The average molecular weight is 289 g/mol. The fourth-order valence-electron chi connectivity index (χ4n) is 1.33. The average Bonchev–Trinajstić information content (AvgIpc) is 2.38. The van der Waals surface area contributed by atoms with Crippen molar-refractivity contribution in [1.82, 2.24) is 0 Å². The van der Waals surface area contributed by atoms with Crippen molar-refractivity contribution in [3.8, 4) is 0 Å². The quantitative estimate of drug-likeness (QED) is 0.663. The number of nitrogens with one attached hydrogen (secondary N) is 1. The number of ether oxygens (including phenoxy) is 1. The van der Waals surface area contributed by atoms with Gasteiger partial charge in [-0.25, -0.2) is 4.79 Å². The number of alkyl halides is 3. The van der Waals surface area contributed by atoms with E-state index in [4.69, 9.17) is 4.74 Å². The van der Waals surface area contributed by atoms with Gasteiger partial charge < -0.3 is 4.74 Å². The second kappa shape index (κ2) is 6.93. The Morgan fingerprint density at radius 1 is 1.20 bits per heavy atom. The van der Waals surface area contributed by atoms with Gasteiger partial charge in [-0.3, -0.25) is 10.1 Å². The van der Waals surface area contributed by atoms with E-state index in [-0.39, 0.29) is 12.3 Å². The molecule has 1 aromatic carbocycles. The monoisotopic (exact) mass is 289 g/mol. The number of hydrogen-bond donors (Lipinski definition) is 1. The van der Waals surface area contributed by atoms with E-state index in [0.29, 0.717) is 0 Å². The van der Waals surface area contributed by atoms with Crippen LogP contribution >= 0.6 is 0 Å². The van der Waals surface area contributed by atoms with Crippen LogP contribution in [0.25, 0.3) is 0 Å². The molecule has 0 atom stereocenters. The normalized spacial score (nSPS) is 11.0. The van der Waals surface area contributed by atoms with Gasteiger partial charge in [0.15, 0.2) is 0 Å². The zero-order valence-electron chi connectivity index (χ0n) is 10.8. The van der Waals surface area contributed by atoms with Crippen molar-refractivity contribution in [3.63, 3.8) is 0 Å². The lowest BCUT2D eigenvalue weighted by molar-refractivity contribution is -0.0885. The van der Waals surface area contributed by atoms with Crippen molar-refractivity contribution in [2.75, 3.05) is 11.9 Å². The third kappa shape index (κ3) is 4.91. The molecule has 0 saturated carbocycles. The molecule has 0 bridgehead atoms. The molecule has 0 aliphatic carbocycles. The summed E-state index contributed by atoms with van der Waals surface area (Å²) in [5, 5.41) is 2.35. The van der Waals surface area contributed by atoms with E-state index in [1.54, 1.807) is 0 Å². The van der Waals surface area contributed by atoms with Gasteiger partial charge in [0.2, 0.25) is 0 Å². The van der Waals surface area contributed by atoms with E-state index in [0.717, 1.165) is 25.0 Å². The molecule has 0 spiro atoms. The Morgan fingerprint density at radius 3 is 2.30 bits per heavy atom. The van der Waals surface area contributed by atoms with Crippen molar-refractivity contribution in [2.45, 2.75) is 25.9 Å². The van der Waals surface area contributed by atoms with Gasteiger partial charge in [0, 0.05) is 11.3 Å². The van der Waals surface area contributed by atoms with Crippen molar-refractivity contribution in [3.05, 3.63) is 29.8 Å². The van der Waals surface area contributed by atoms with Gasteiger partial charge in [0.25, 0.3) is 5.78 Å². The van der Waals surface area contributed by atoms with Crippen LogP contribution in [-0.2, 0) is 4.74 Å². The summed E-state index contributed by atoms with van der Waals surface area (Å²) in [6.07, 6.45) is -3.99. The van der Waals surface area contributed by atoms with Gasteiger partial charge in [-0.1, -0.05) is 13.3 Å². The highest BCUT2D eigenvalue weighted by Crippen LogP contribution is 2.22. The topological polar surface area (TPSA) is 55.4 Å². The number of ketones is 1. The molecule has 0 aliphatic heterocycles. The first-order valence-electron chi connectivity index (χ1n) is 6.00. The molecule has 0 fully saturated rings. The number of unbranched alkanes of at least 4 members (excludes halogenated alkanes) is 1. The summed E-state index contributed by atoms with van der Waals surface area (Å²) in [5.74, 6) is -1.92. The molecule has 1 aromatic rings. The molecule has 0 radical (unpaired) electrons. The molecule has 110 valence electrons. The van der Waals surface area contributed by atoms with Crippen molar-refractivity contribution >= 4 is 17.6 Å². The van der Waals surface area contributed by atoms with Crippen LogP contribution in [0.5, 0.6) is 0 Å². The fraction of sp³-hybridized carbons (Fsp3) is 0.385. The minimum Gasteiger partial charge on any atom is -0.449 e. The molecular formula is C13H14F3NO3. The van der Waals surface area contributed by atoms with Crippen molar-refractivity contribution in [1.29, 1.82) is 0 Å². The third-order valence-corrected chi connectivity index (χ3v) is 2.38. The van der Waals surface area contributed by atoms with E-state index >= 15 is 0 Å². The van der Waals surface area contributed by atoms with Gasteiger partial charge in [0.1, 0.15) is 0 Å². The third-order valence-electron chi connectivity index (χ3n) is 2.38. The van der Waals surface area contributed by atoms with Crippen LogP contribution in [0.15, 0.2) is 24.3 Å². The second-order valence-corrected chi connectivity index (χ2v) is 4.02. The minimum atomic E-state index is -4.91. The Kier molecular flexibility index (Phi) is 5.54. The number of carbonyl (C=O) groups is 2. The number of benzene rings is 1. The summed E-state index contributed by atoms with van der Waals surface area (Å²) < 4.78 is 41.4. The van der Waals surface area contributed by atoms with Gasteiger partial charge in [-0.05, 0) is 30.7 Å². The molecule has 1 rings (SSSR count). The lowest BCUT2D eigenvalue weighted by Gasteiger charge is -2.08. The smallest absolute Gasteiger partial charge is 0.449 e. The van der Waals surface area contributed by atoms with Crippen LogP contribution in [0.1, 0.15) is 30.1 Å². The summed E-state index contributed by atoms with van der Waals surface area (Å²) in [5.41, 5.74) is -0.229. The number of carbonyl (C=O) groups excluding carboxylic acids is 2. The maximum absolute atomic E-state index is 12.2. The van der Waals surface area contributed by atoms with Gasteiger partial charge in [-0.15, -0.1) is 0 Å². The number of Topliss-reactive ketones (excluding diaryl/α,β-unsaturated/α-hetero) is 1. The summed E-state index contributed by atoms with van der Waals surface area (Å²) in [4.78, 5) is 22.2. The van der Waals surface area contributed by atoms with Crippen LogP contribution in [0.3, 0.4) is 0 Å². The maximum atomic E-state index is 12.2. The van der Waals surface area contributed by atoms with E-state index < -0.39 is 23.6 Å². The number of halogens is 3. The summed E-state index contributed by atoms with van der Waals surface area (Å²) in [7, 11) is 0. The second-order valence-electron chi connectivity index (χ2n) is 4.02. The number of hydrogen-bond acceptors (Lipinski definition) is 3. The summed E-state index contributed by atoms with van der Waals surface area (Å²) >= 11 is 0. The lowest BCUT2D eigenvalue weighted by Crippen LogP contribution is -2.22. The standard InChI is InChI=1S/C13H14F3NO3/c1-2-3-8-20-12(19)17-10-6-4-9(5-7-10)11(18)13(14,15)16/h4-7H,2-3,8H2,1H3,(H,17,19). The van der Waals surface area contributed by atoms with E-state index in [1.165, 1.54) is 12.1 Å². The first-order valence-corrected chi connectivity index (χ1v) is 6.00. The Labute approximate surface area is 113 Å². The van der Waals surface area contributed by atoms with Crippen molar-refractivity contribution < 1.29 is 27.5 Å². The summed E-state index contributed by atoms with van der Waals surface area (Å²) in [6.45, 7) is 2.21. The Balaban J connectivity index is 2.59. The minimum absolute atomic E-state index is 0.255. The number of rotatable bonds is 5. The maximum Gasteiger partial charge on any atom is 0.454 e. The molecule has 4 nitrogen and oxygen atoms in total. The number of anilines is 1. The van der Waals surface area contributed by atoms with Gasteiger partial charge in [-0.2, -0.15) is 13.2 Å². The predicted molar refractivity (Wildman–Crippen MR) is 66.7 cm³/mol. The molecule has 0 aromatic heterocycles. The van der Waals surface area contributed by atoms with Gasteiger partial charge in [0.05, 0.1) is 6.61 Å². The zero-order valence-corrected chi connectivity index (χ0v) is 10.8. The molecule has 0 aliphatic rings. The first kappa shape index (κ1) is 16.0. The molecule has 1 amide bonds. The number of amides is 1. The predicted octanol–water partition coefficient (Wildman–Crippen LogP) is 3.78. The highest BCUT2D eigenvalue weighted by Gasteiger charge is 2.39. The van der Waals surface area contributed by atoms with Crippen LogP contribution in [0, 0.1) is 0 Å². The van der Waals surface area contributed by atoms with E-state index in [9.17, 15) is 22.8 Å².